The standard InChI is InChI=1S/C19H21BrN2O4S/c1-5-7-22-18(24)13(17(23)21-19(22)27)8-12-9-15(25-4)16(10-14(12)20)26-11(3)6-2/h5,8-11H,1,6-7H2,2-4H3,(H,21,23,27)/b13-8+/t11-/m0/s1. The lowest BCUT2D eigenvalue weighted by atomic mass is 10.1. The van der Waals surface area contributed by atoms with Crippen molar-refractivity contribution in [2.45, 2.75) is 26.4 Å². The number of benzene rings is 1. The lowest BCUT2D eigenvalue weighted by Gasteiger charge is -2.27. The lowest BCUT2D eigenvalue weighted by Crippen LogP contribution is -2.53. The van der Waals surface area contributed by atoms with Gasteiger partial charge in [0.25, 0.3) is 11.8 Å². The summed E-state index contributed by atoms with van der Waals surface area (Å²) >= 11 is 8.52. The van der Waals surface area contributed by atoms with Gasteiger partial charge in [-0.1, -0.05) is 28.9 Å². The molecular weight excluding hydrogens is 432 g/mol. The van der Waals surface area contributed by atoms with Crippen LogP contribution in [0.1, 0.15) is 25.8 Å². The van der Waals surface area contributed by atoms with Crippen LogP contribution in [-0.2, 0) is 9.59 Å². The van der Waals surface area contributed by atoms with Crippen molar-refractivity contribution in [1.29, 1.82) is 0 Å². The monoisotopic (exact) mass is 452 g/mol. The van der Waals surface area contributed by atoms with Crippen molar-refractivity contribution >= 4 is 51.2 Å². The van der Waals surface area contributed by atoms with Gasteiger partial charge in [-0.25, -0.2) is 0 Å². The molecule has 0 radical (unpaired) electrons. The molecule has 2 rings (SSSR count). The van der Waals surface area contributed by atoms with Crippen LogP contribution < -0.4 is 14.8 Å². The Hall–Kier alpha value is -2.19. The first-order valence-electron chi connectivity index (χ1n) is 8.36. The Labute approximate surface area is 172 Å². The molecule has 0 spiro atoms. The Morgan fingerprint density at radius 3 is 2.67 bits per heavy atom. The maximum absolute atomic E-state index is 12.6. The quantitative estimate of drug-likeness (QED) is 0.297. The highest BCUT2D eigenvalue weighted by Gasteiger charge is 2.32. The van der Waals surface area contributed by atoms with Crippen LogP contribution >= 0.6 is 28.1 Å². The number of halogens is 1. The van der Waals surface area contributed by atoms with Gasteiger partial charge in [0.1, 0.15) is 5.57 Å². The van der Waals surface area contributed by atoms with Crippen LogP contribution in [0.25, 0.3) is 6.08 Å². The second-order valence-electron chi connectivity index (χ2n) is 5.88. The summed E-state index contributed by atoms with van der Waals surface area (Å²) in [6.45, 7) is 7.80. The molecule has 0 unspecified atom stereocenters. The van der Waals surface area contributed by atoms with Crippen molar-refractivity contribution in [2.75, 3.05) is 13.7 Å². The molecule has 1 saturated heterocycles. The summed E-state index contributed by atoms with van der Waals surface area (Å²) in [6.07, 6.45) is 3.91. The van der Waals surface area contributed by atoms with E-state index in [-0.39, 0.29) is 23.3 Å². The summed E-state index contributed by atoms with van der Waals surface area (Å²) in [4.78, 5) is 26.2. The molecule has 0 aromatic heterocycles. The summed E-state index contributed by atoms with van der Waals surface area (Å²) in [7, 11) is 1.53. The van der Waals surface area contributed by atoms with Gasteiger partial charge in [0, 0.05) is 11.0 Å². The van der Waals surface area contributed by atoms with E-state index in [9.17, 15) is 9.59 Å². The zero-order valence-corrected chi connectivity index (χ0v) is 17.8. The van der Waals surface area contributed by atoms with E-state index in [1.54, 1.807) is 18.2 Å². The molecule has 0 bridgehead atoms. The summed E-state index contributed by atoms with van der Waals surface area (Å²) in [6, 6.07) is 3.47. The molecule has 2 amide bonds. The van der Waals surface area contributed by atoms with Gasteiger partial charge < -0.3 is 9.47 Å². The fourth-order valence-corrected chi connectivity index (χ4v) is 3.04. The maximum atomic E-state index is 12.6. The van der Waals surface area contributed by atoms with E-state index in [0.29, 0.717) is 21.5 Å². The Morgan fingerprint density at radius 1 is 1.37 bits per heavy atom. The number of thiocarbonyl (C=S) groups is 1. The third-order valence-corrected chi connectivity index (χ3v) is 4.99. The third kappa shape index (κ3) is 4.75. The molecule has 1 N–H and O–H groups in total. The van der Waals surface area contributed by atoms with Gasteiger partial charge in [0.15, 0.2) is 16.6 Å². The van der Waals surface area contributed by atoms with Crippen LogP contribution in [0.4, 0.5) is 0 Å². The Kier molecular flexibility index (Phi) is 7.15. The number of methoxy groups -OCH3 is 1. The van der Waals surface area contributed by atoms with Crippen molar-refractivity contribution in [3.8, 4) is 11.5 Å². The van der Waals surface area contributed by atoms with Crippen molar-refractivity contribution in [1.82, 2.24) is 10.2 Å². The number of carbonyl (C=O) groups excluding carboxylic acids is 2. The number of carbonyl (C=O) groups is 2. The molecule has 1 aromatic carbocycles. The van der Waals surface area contributed by atoms with E-state index in [1.165, 1.54) is 18.1 Å². The first kappa shape index (κ1) is 21.1. The molecule has 1 aliphatic heterocycles. The summed E-state index contributed by atoms with van der Waals surface area (Å²) in [5.41, 5.74) is 0.581. The van der Waals surface area contributed by atoms with Gasteiger partial charge in [-0.05, 0) is 49.3 Å². The number of hydrogen-bond acceptors (Lipinski definition) is 5. The average molecular weight is 453 g/mol. The van der Waals surface area contributed by atoms with Crippen molar-refractivity contribution < 1.29 is 19.1 Å². The van der Waals surface area contributed by atoms with Crippen molar-refractivity contribution in [3.63, 3.8) is 0 Å². The molecule has 1 fully saturated rings. The average Bonchev–Trinajstić information content (AvgIpc) is 2.63. The molecule has 8 heteroatoms. The van der Waals surface area contributed by atoms with E-state index in [2.05, 4.69) is 27.8 Å². The molecule has 0 aliphatic carbocycles. The number of amides is 2. The molecule has 0 saturated carbocycles. The number of nitrogens with zero attached hydrogens (tertiary/aromatic N) is 1. The van der Waals surface area contributed by atoms with Crippen LogP contribution in [0.5, 0.6) is 11.5 Å². The Bertz CT molecular complexity index is 822. The van der Waals surface area contributed by atoms with Crippen LogP contribution in [0.15, 0.2) is 34.8 Å². The summed E-state index contributed by atoms with van der Waals surface area (Å²) in [5.74, 6) is 0.0628. The molecule has 27 heavy (non-hydrogen) atoms. The van der Waals surface area contributed by atoms with Gasteiger partial charge in [-0.3, -0.25) is 19.8 Å². The minimum atomic E-state index is -0.545. The second kappa shape index (κ2) is 9.14. The number of hydrogen-bond donors (Lipinski definition) is 1. The van der Waals surface area contributed by atoms with Crippen LogP contribution in [-0.4, -0.2) is 41.6 Å². The smallest absolute Gasteiger partial charge is 0.265 e. The first-order chi connectivity index (χ1) is 12.8. The highest BCUT2D eigenvalue weighted by Crippen LogP contribution is 2.35. The van der Waals surface area contributed by atoms with Gasteiger partial charge in [0.2, 0.25) is 0 Å². The molecule has 144 valence electrons. The second-order valence-corrected chi connectivity index (χ2v) is 7.12. The van der Waals surface area contributed by atoms with Crippen LogP contribution in [0.2, 0.25) is 0 Å². The topological polar surface area (TPSA) is 67.9 Å². The van der Waals surface area contributed by atoms with E-state index in [1.807, 2.05) is 13.8 Å². The molecule has 6 nitrogen and oxygen atoms in total. The van der Waals surface area contributed by atoms with Crippen LogP contribution in [0, 0.1) is 0 Å². The lowest BCUT2D eigenvalue weighted by molar-refractivity contribution is -0.128. The predicted molar refractivity (Wildman–Crippen MR) is 112 cm³/mol. The van der Waals surface area contributed by atoms with Gasteiger partial charge in [-0.2, -0.15) is 0 Å². The van der Waals surface area contributed by atoms with E-state index >= 15 is 0 Å². The van der Waals surface area contributed by atoms with E-state index in [0.717, 1.165) is 6.42 Å². The maximum Gasteiger partial charge on any atom is 0.265 e. The normalized spacial score (nSPS) is 17.0. The number of ether oxygens (including phenoxy) is 2. The molecule has 1 heterocycles. The highest BCUT2D eigenvalue weighted by molar-refractivity contribution is 9.10. The van der Waals surface area contributed by atoms with Crippen molar-refractivity contribution in [3.05, 3.63) is 40.4 Å². The Balaban J connectivity index is 2.44. The first-order valence-corrected chi connectivity index (χ1v) is 9.56. The van der Waals surface area contributed by atoms with E-state index in [4.69, 9.17) is 21.7 Å². The molecule has 1 aliphatic rings. The molecular formula is C19H21BrN2O4S. The largest absolute Gasteiger partial charge is 0.493 e. The zero-order chi connectivity index (χ0) is 20.1. The third-order valence-electron chi connectivity index (χ3n) is 3.98. The van der Waals surface area contributed by atoms with Gasteiger partial charge in [0.05, 0.1) is 13.2 Å². The number of rotatable bonds is 7. The van der Waals surface area contributed by atoms with Gasteiger partial charge in [-0.15, -0.1) is 6.58 Å². The fraction of sp³-hybridized carbons (Fsp3) is 0.316. The highest BCUT2D eigenvalue weighted by atomic mass is 79.9. The number of nitrogens with one attached hydrogen (secondary N) is 1. The zero-order valence-electron chi connectivity index (χ0n) is 15.4. The fourth-order valence-electron chi connectivity index (χ4n) is 2.36. The summed E-state index contributed by atoms with van der Waals surface area (Å²) in [5, 5.41) is 2.58. The predicted octanol–water partition coefficient (Wildman–Crippen LogP) is 3.45. The SMILES string of the molecule is C=CCN1C(=O)/C(=C/c2cc(OC)c(O[C@@H](C)CC)cc2Br)C(=O)NC1=S. The Morgan fingerprint density at radius 2 is 2.07 bits per heavy atom. The summed E-state index contributed by atoms with van der Waals surface area (Å²) < 4.78 is 11.9. The molecule has 1 atom stereocenters. The van der Waals surface area contributed by atoms with Gasteiger partial charge >= 0.3 is 0 Å². The van der Waals surface area contributed by atoms with E-state index < -0.39 is 11.8 Å². The van der Waals surface area contributed by atoms with Crippen molar-refractivity contribution in [2.24, 2.45) is 0 Å². The minimum Gasteiger partial charge on any atom is -0.493 e. The molecule has 1 aromatic rings. The van der Waals surface area contributed by atoms with Crippen LogP contribution in [0.3, 0.4) is 0 Å². The minimum absolute atomic E-state index is 0.0224.